The molecule has 0 aliphatic rings. The van der Waals surface area contributed by atoms with E-state index in [1.54, 1.807) is 6.07 Å². The van der Waals surface area contributed by atoms with E-state index < -0.39 is 40.2 Å². The molecule has 0 aliphatic heterocycles. The minimum absolute atomic E-state index is 0.141. The van der Waals surface area contributed by atoms with Gasteiger partial charge in [-0.25, -0.2) is 12.8 Å². The summed E-state index contributed by atoms with van der Waals surface area (Å²) >= 11 is 6.24. The normalized spacial score (nSPS) is 11.9. The molecule has 214 valence electrons. The summed E-state index contributed by atoms with van der Waals surface area (Å²) in [5.74, 6) is -1.32. The van der Waals surface area contributed by atoms with Crippen molar-refractivity contribution in [3.8, 4) is 5.75 Å². The Hall–Kier alpha value is -3.63. The Morgan fingerprint density at radius 3 is 2.33 bits per heavy atom. The second-order valence-corrected chi connectivity index (χ2v) is 11.5. The number of nitrogens with zero attached hydrogens (tertiary/aromatic N) is 2. The first-order valence-corrected chi connectivity index (χ1v) is 14.9. The summed E-state index contributed by atoms with van der Waals surface area (Å²) < 4.78 is 46.5. The van der Waals surface area contributed by atoms with Crippen LogP contribution in [0.4, 0.5) is 10.1 Å². The SMILES string of the molecule is CCCNC(=O)[C@@H](Cc1ccccc1)N(Cc1ccccc1F)C(=O)CN(c1ccc(OC)c(Cl)c1)S(C)(=O)=O. The van der Waals surface area contributed by atoms with Gasteiger partial charge in [-0.05, 0) is 36.2 Å². The first-order valence-electron chi connectivity index (χ1n) is 12.7. The highest BCUT2D eigenvalue weighted by atomic mass is 35.5. The van der Waals surface area contributed by atoms with E-state index in [4.69, 9.17) is 16.3 Å². The molecule has 0 heterocycles. The van der Waals surface area contributed by atoms with Gasteiger partial charge in [0, 0.05) is 25.1 Å². The van der Waals surface area contributed by atoms with Gasteiger partial charge in [-0.15, -0.1) is 0 Å². The molecule has 0 aliphatic carbocycles. The number of hydrogen-bond acceptors (Lipinski definition) is 5. The average molecular weight is 590 g/mol. The minimum atomic E-state index is -3.97. The molecule has 2 amide bonds. The average Bonchev–Trinajstić information content (AvgIpc) is 2.93. The fraction of sp³-hybridized carbons (Fsp3) is 0.310. The number of hydrogen-bond donors (Lipinski definition) is 1. The maximum atomic E-state index is 14.8. The van der Waals surface area contributed by atoms with Crippen LogP contribution >= 0.6 is 11.6 Å². The van der Waals surface area contributed by atoms with Gasteiger partial charge in [0.05, 0.1) is 24.1 Å². The molecule has 1 N–H and O–H groups in total. The number of halogens is 2. The lowest BCUT2D eigenvalue weighted by atomic mass is 10.0. The van der Waals surface area contributed by atoms with Crippen LogP contribution in [0.25, 0.3) is 0 Å². The molecule has 11 heteroatoms. The molecule has 0 saturated heterocycles. The molecule has 0 radical (unpaired) electrons. The maximum Gasteiger partial charge on any atom is 0.244 e. The lowest BCUT2D eigenvalue weighted by molar-refractivity contribution is -0.140. The molecule has 3 rings (SSSR count). The Bertz CT molecular complexity index is 1420. The van der Waals surface area contributed by atoms with Gasteiger partial charge in [0.15, 0.2) is 0 Å². The third kappa shape index (κ3) is 8.19. The summed E-state index contributed by atoms with van der Waals surface area (Å²) in [6.45, 7) is 1.40. The summed E-state index contributed by atoms with van der Waals surface area (Å²) in [6, 6.07) is 18.4. The zero-order valence-electron chi connectivity index (χ0n) is 22.6. The number of nitrogens with one attached hydrogen (secondary N) is 1. The Balaban J connectivity index is 2.06. The molecule has 0 fully saturated rings. The van der Waals surface area contributed by atoms with Crippen molar-refractivity contribution in [2.75, 3.05) is 30.8 Å². The second kappa shape index (κ2) is 14.1. The number of benzene rings is 3. The molecule has 0 bridgehead atoms. The van der Waals surface area contributed by atoms with Gasteiger partial charge in [-0.3, -0.25) is 13.9 Å². The Labute approximate surface area is 239 Å². The molecule has 0 spiro atoms. The fourth-order valence-corrected chi connectivity index (χ4v) is 5.25. The number of amides is 2. The predicted octanol–water partition coefficient (Wildman–Crippen LogP) is 4.42. The smallest absolute Gasteiger partial charge is 0.244 e. The van der Waals surface area contributed by atoms with Crippen molar-refractivity contribution in [1.29, 1.82) is 0 Å². The van der Waals surface area contributed by atoms with Gasteiger partial charge < -0.3 is 15.0 Å². The molecule has 3 aromatic rings. The second-order valence-electron chi connectivity index (χ2n) is 9.20. The van der Waals surface area contributed by atoms with Crippen molar-refractivity contribution in [3.63, 3.8) is 0 Å². The van der Waals surface area contributed by atoms with Crippen LogP contribution < -0.4 is 14.4 Å². The van der Waals surface area contributed by atoms with Gasteiger partial charge in [-0.1, -0.05) is 67.1 Å². The third-order valence-electron chi connectivity index (χ3n) is 6.22. The van der Waals surface area contributed by atoms with Crippen LogP contribution in [0.2, 0.25) is 5.02 Å². The summed E-state index contributed by atoms with van der Waals surface area (Å²) in [5, 5.41) is 2.99. The first-order chi connectivity index (χ1) is 19.0. The quantitative estimate of drug-likeness (QED) is 0.318. The monoisotopic (exact) mass is 589 g/mol. The van der Waals surface area contributed by atoms with Crippen LogP contribution in [0.3, 0.4) is 0 Å². The van der Waals surface area contributed by atoms with Crippen LogP contribution in [0.1, 0.15) is 24.5 Å². The number of anilines is 1. The number of ether oxygens (including phenoxy) is 1. The van der Waals surface area contributed by atoms with Gasteiger partial charge >= 0.3 is 0 Å². The standard InChI is InChI=1S/C29H33ClFN3O5S/c1-4-16-32-29(36)26(17-21-10-6-5-7-11-21)33(19-22-12-8-9-13-25(22)31)28(35)20-34(40(3,37)38)23-14-15-27(39-2)24(30)18-23/h5-15,18,26H,4,16-17,19-20H2,1-3H3,(H,32,36)/t26-/m1/s1. The highest BCUT2D eigenvalue weighted by Crippen LogP contribution is 2.30. The summed E-state index contributed by atoms with van der Waals surface area (Å²) in [5.41, 5.74) is 1.12. The molecule has 0 saturated carbocycles. The number of carbonyl (C=O) groups is 2. The summed E-state index contributed by atoms with van der Waals surface area (Å²) in [6.07, 6.45) is 1.78. The van der Waals surface area contributed by atoms with E-state index in [9.17, 15) is 22.4 Å². The van der Waals surface area contributed by atoms with Crippen molar-refractivity contribution in [2.45, 2.75) is 32.4 Å². The zero-order valence-corrected chi connectivity index (χ0v) is 24.2. The number of carbonyl (C=O) groups excluding carboxylic acids is 2. The van der Waals surface area contributed by atoms with E-state index in [2.05, 4.69) is 5.32 Å². The predicted molar refractivity (Wildman–Crippen MR) is 154 cm³/mol. The van der Waals surface area contributed by atoms with Crippen LogP contribution in [-0.2, 0) is 32.6 Å². The van der Waals surface area contributed by atoms with Crippen molar-refractivity contribution in [2.24, 2.45) is 0 Å². The van der Waals surface area contributed by atoms with Crippen molar-refractivity contribution >= 4 is 39.1 Å². The highest BCUT2D eigenvalue weighted by molar-refractivity contribution is 7.92. The number of rotatable bonds is 13. The molecule has 0 aromatic heterocycles. The van der Waals surface area contributed by atoms with E-state index >= 15 is 0 Å². The van der Waals surface area contributed by atoms with Crippen LogP contribution in [0, 0.1) is 5.82 Å². The topological polar surface area (TPSA) is 96.0 Å². The summed E-state index contributed by atoms with van der Waals surface area (Å²) in [7, 11) is -2.54. The van der Waals surface area contributed by atoms with Crippen LogP contribution in [-0.4, -0.2) is 57.6 Å². The molecular weight excluding hydrogens is 557 g/mol. The molecule has 3 aromatic carbocycles. The molecular formula is C29H33ClFN3O5S. The first kappa shape index (κ1) is 30.9. The molecule has 0 unspecified atom stereocenters. The highest BCUT2D eigenvalue weighted by Gasteiger charge is 2.33. The lowest BCUT2D eigenvalue weighted by Gasteiger charge is -2.33. The van der Waals surface area contributed by atoms with Gasteiger partial charge in [0.25, 0.3) is 0 Å². The number of sulfonamides is 1. The molecule has 40 heavy (non-hydrogen) atoms. The zero-order chi connectivity index (χ0) is 29.3. The van der Waals surface area contributed by atoms with Crippen molar-refractivity contribution < 1.29 is 27.1 Å². The van der Waals surface area contributed by atoms with Gasteiger partial charge in [-0.2, -0.15) is 0 Å². The largest absolute Gasteiger partial charge is 0.495 e. The van der Waals surface area contributed by atoms with Gasteiger partial charge in [0.1, 0.15) is 24.2 Å². The van der Waals surface area contributed by atoms with E-state index in [0.29, 0.717) is 18.7 Å². The maximum absolute atomic E-state index is 14.8. The molecule has 8 nitrogen and oxygen atoms in total. The Morgan fingerprint density at radius 2 is 1.73 bits per heavy atom. The Kier molecular flexibility index (Phi) is 10.9. The van der Waals surface area contributed by atoms with Gasteiger partial charge in [0.2, 0.25) is 21.8 Å². The van der Waals surface area contributed by atoms with E-state index in [-0.39, 0.29) is 29.2 Å². The van der Waals surface area contributed by atoms with Crippen molar-refractivity contribution in [1.82, 2.24) is 10.2 Å². The van der Waals surface area contributed by atoms with Crippen LogP contribution in [0.5, 0.6) is 5.75 Å². The summed E-state index contributed by atoms with van der Waals surface area (Å²) in [4.78, 5) is 28.6. The number of methoxy groups -OCH3 is 1. The van der Waals surface area contributed by atoms with E-state index in [0.717, 1.165) is 16.1 Å². The fourth-order valence-electron chi connectivity index (χ4n) is 4.15. The minimum Gasteiger partial charge on any atom is -0.495 e. The molecule has 1 atom stereocenters. The van der Waals surface area contributed by atoms with Crippen molar-refractivity contribution in [3.05, 3.63) is 94.8 Å². The van der Waals surface area contributed by atoms with Crippen LogP contribution in [0.15, 0.2) is 72.8 Å². The Morgan fingerprint density at radius 1 is 1.05 bits per heavy atom. The van der Waals surface area contributed by atoms with E-state index in [1.807, 2.05) is 37.3 Å². The lowest BCUT2D eigenvalue weighted by Crippen LogP contribution is -2.53. The van der Waals surface area contributed by atoms with E-state index in [1.165, 1.54) is 48.4 Å². The third-order valence-corrected chi connectivity index (χ3v) is 7.66.